The van der Waals surface area contributed by atoms with Crippen molar-refractivity contribution in [2.45, 2.75) is 0 Å². The van der Waals surface area contributed by atoms with Gasteiger partial charge in [-0.05, 0) is 24.3 Å². The van der Waals surface area contributed by atoms with E-state index in [-0.39, 0.29) is 0 Å². The van der Waals surface area contributed by atoms with Gasteiger partial charge in [-0.2, -0.15) is 0 Å². The first-order valence-electron chi connectivity index (χ1n) is 5.29. The van der Waals surface area contributed by atoms with Crippen LogP contribution in [0.3, 0.4) is 0 Å². The van der Waals surface area contributed by atoms with Crippen molar-refractivity contribution in [3.63, 3.8) is 0 Å². The predicted molar refractivity (Wildman–Crippen MR) is 64.2 cm³/mol. The Labute approximate surface area is 94.2 Å². The summed E-state index contributed by atoms with van der Waals surface area (Å²) in [6, 6.07) is 14.1. The van der Waals surface area contributed by atoms with E-state index in [2.05, 4.69) is 17.1 Å². The standard InChI is InChI=1S/C14H11NO/c1-2-5-11(6-3-1)12-8-9-14-13(15-12)7-4-10-16-14/h1-9H,10H2. The maximum atomic E-state index is 5.46. The van der Waals surface area contributed by atoms with E-state index < -0.39 is 0 Å². The number of rotatable bonds is 1. The van der Waals surface area contributed by atoms with Gasteiger partial charge in [0.05, 0.1) is 5.69 Å². The van der Waals surface area contributed by atoms with Crippen molar-refractivity contribution in [2.75, 3.05) is 6.61 Å². The summed E-state index contributed by atoms with van der Waals surface area (Å²) >= 11 is 0. The fourth-order valence-electron chi connectivity index (χ4n) is 1.77. The van der Waals surface area contributed by atoms with Crippen molar-refractivity contribution >= 4 is 6.08 Å². The highest BCUT2D eigenvalue weighted by molar-refractivity contribution is 5.64. The van der Waals surface area contributed by atoms with Crippen LogP contribution in [0, 0.1) is 0 Å². The van der Waals surface area contributed by atoms with Crippen LogP contribution in [0.2, 0.25) is 0 Å². The number of pyridine rings is 1. The number of ether oxygens (including phenoxy) is 1. The molecule has 0 bridgehead atoms. The van der Waals surface area contributed by atoms with Crippen molar-refractivity contribution in [3.8, 4) is 17.0 Å². The summed E-state index contributed by atoms with van der Waals surface area (Å²) in [5.74, 6) is 0.863. The molecule has 3 rings (SSSR count). The molecule has 2 heteroatoms. The number of aromatic nitrogens is 1. The van der Waals surface area contributed by atoms with E-state index in [9.17, 15) is 0 Å². The first-order valence-corrected chi connectivity index (χ1v) is 5.29. The molecule has 2 aromatic rings. The van der Waals surface area contributed by atoms with Gasteiger partial charge in [0.25, 0.3) is 0 Å². The Morgan fingerprint density at radius 3 is 2.75 bits per heavy atom. The van der Waals surface area contributed by atoms with E-state index >= 15 is 0 Å². The normalized spacial score (nSPS) is 13.0. The summed E-state index contributed by atoms with van der Waals surface area (Å²) in [5.41, 5.74) is 3.02. The van der Waals surface area contributed by atoms with Crippen LogP contribution in [0.25, 0.3) is 17.3 Å². The second-order valence-corrected chi connectivity index (χ2v) is 3.66. The van der Waals surface area contributed by atoms with Gasteiger partial charge in [-0.25, -0.2) is 4.98 Å². The van der Waals surface area contributed by atoms with E-state index in [1.165, 1.54) is 0 Å². The van der Waals surface area contributed by atoms with Gasteiger partial charge >= 0.3 is 0 Å². The topological polar surface area (TPSA) is 22.1 Å². The second-order valence-electron chi connectivity index (χ2n) is 3.66. The van der Waals surface area contributed by atoms with Crippen LogP contribution in [0.1, 0.15) is 5.69 Å². The van der Waals surface area contributed by atoms with Crippen LogP contribution in [0.15, 0.2) is 48.5 Å². The summed E-state index contributed by atoms with van der Waals surface area (Å²) in [6.07, 6.45) is 3.98. The summed E-state index contributed by atoms with van der Waals surface area (Å²) < 4.78 is 5.46. The van der Waals surface area contributed by atoms with Gasteiger partial charge in [0.1, 0.15) is 18.1 Å². The molecule has 0 radical (unpaired) electrons. The third-order valence-electron chi connectivity index (χ3n) is 2.57. The fraction of sp³-hybridized carbons (Fsp3) is 0.0714. The lowest BCUT2D eigenvalue weighted by Gasteiger charge is -2.12. The monoisotopic (exact) mass is 209 g/mol. The number of hydrogen-bond donors (Lipinski definition) is 0. The maximum absolute atomic E-state index is 5.46. The van der Waals surface area contributed by atoms with E-state index in [1.807, 2.05) is 42.5 Å². The zero-order valence-electron chi connectivity index (χ0n) is 8.76. The highest BCUT2D eigenvalue weighted by Gasteiger charge is 2.08. The average Bonchev–Trinajstić information content (AvgIpc) is 2.39. The van der Waals surface area contributed by atoms with E-state index in [0.717, 1.165) is 22.7 Å². The van der Waals surface area contributed by atoms with Crippen molar-refractivity contribution in [1.29, 1.82) is 0 Å². The van der Waals surface area contributed by atoms with Crippen LogP contribution in [-0.2, 0) is 0 Å². The molecule has 0 saturated heterocycles. The van der Waals surface area contributed by atoms with Crippen LogP contribution >= 0.6 is 0 Å². The van der Waals surface area contributed by atoms with Crippen LogP contribution < -0.4 is 4.74 Å². The molecular weight excluding hydrogens is 198 g/mol. The predicted octanol–water partition coefficient (Wildman–Crippen LogP) is 3.15. The van der Waals surface area contributed by atoms with Gasteiger partial charge in [0.15, 0.2) is 0 Å². The quantitative estimate of drug-likeness (QED) is 0.719. The molecule has 0 N–H and O–H groups in total. The first-order chi connectivity index (χ1) is 7.93. The minimum atomic E-state index is 0.638. The molecule has 16 heavy (non-hydrogen) atoms. The summed E-state index contributed by atoms with van der Waals surface area (Å²) in [4.78, 5) is 4.57. The van der Waals surface area contributed by atoms with Gasteiger partial charge < -0.3 is 4.74 Å². The largest absolute Gasteiger partial charge is 0.487 e. The van der Waals surface area contributed by atoms with Gasteiger partial charge in [0, 0.05) is 5.56 Å². The zero-order chi connectivity index (χ0) is 10.8. The third-order valence-corrected chi connectivity index (χ3v) is 2.57. The molecule has 0 atom stereocenters. The second kappa shape index (κ2) is 3.81. The number of nitrogens with zero attached hydrogens (tertiary/aromatic N) is 1. The van der Waals surface area contributed by atoms with Gasteiger partial charge in [0.2, 0.25) is 0 Å². The molecule has 0 spiro atoms. The lowest BCUT2D eigenvalue weighted by Crippen LogP contribution is -2.02. The Bertz CT molecular complexity index is 532. The van der Waals surface area contributed by atoms with E-state index in [0.29, 0.717) is 6.61 Å². The minimum Gasteiger partial charge on any atom is -0.487 e. The lowest BCUT2D eigenvalue weighted by molar-refractivity contribution is 0.356. The fourth-order valence-corrected chi connectivity index (χ4v) is 1.77. The first kappa shape index (κ1) is 9.16. The van der Waals surface area contributed by atoms with E-state index in [4.69, 9.17) is 4.74 Å². The Balaban J connectivity index is 2.08. The van der Waals surface area contributed by atoms with Crippen molar-refractivity contribution < 1.29 is 4.74 Å². The maximum Gasteiger partial charge on any atom is 0.145 e. The molecule has 2 heterocycles. The minimum absolute atomic E-state index is 0.638. The van der Waals surface area contributed by atoms with Crippen molar-refractivity contribution in [2.24, 2.45) is 0 Å². The average molecular weight is 209 g/mol. The van der Waals surface area contributed by atoms with Crippen molar-refractivity contribution in [3.05, 3.63) is 54.2 Å². The molecular formula is C14H11NO. The zero-order valence-corrected chi connectivity index (χ0v) is 8.76. The molecule has 78 valence electrons. The molecule has 0 saturated carbocycles. The summed E-state index contributed by atoms with van der Waals surface area (Å²) in [5, 5.41) is 0. The molecule has 2 nitrogen and oxygen atoms in total. The molecule has 1 aromatic carbocycles. The van der Waals surface area contributed by atoms with Crippen molar-refractivity contribution in [1.82, 2.24) is 4.98 Å². The smallest absolute Gasteiger partial charge is 0.145 e. The molecule has 0 aliphatic carbocycles. The third kappa shape index (κ3) is 1.58. The molecule has 1 aliphatic heterocycles. The number of benzene rings is 1. The summed E-state index contributed by atoms with van der Waals surface area (Å²) in [7, 11) is 0. The number of fused-ring (bicyclic) bond motifs is 1. The SMILES string of the molecule is C1=Cc2nc(-c3ccccc3)ccc2OC1. The van der Waals surface area contributed by atoms with Crippen LogP contribution in [0.5, 0.6) is 5.75 Å². The number of hydrogen-bond acceptors (Lipinski definition) is 2. The lowest BCUT2D eigenvalue weighted by atomic mass is 10.1. The van der Waals surface area contributed by atoms with Gasteiger partial charge in [-0.15, -0.1) is 0 Å². The molecule has 0 unspecified atom stereocenters. The van der Waals surface area contributed by atoms with Crippen LogP contribution in [-0.4, -0.2) is 11.6 Å². The Hall–Kier alpha value is -2.09. The highest BCUT2D eigenvalue weighted by atomic mass is 16.5. The molecule has 1 aromatic heterocycles. The van der Waals surface area contributed by atoms with E-state index in [1.54, 1.807) is 0 Å². The molecule has 0 fully saturated rings. The highest BCUT2D eigenvalue weighted by Crippen LogP contribution is 2.25. The van der Waals surface area contributed by atoms with Crippen LogP contribution in [0.4, 0.5) is 0 Å². The summed E-state index contributed by atoms with van der Waals surface area (Å²) in [6.45, 7) is 0.638. The van der Waals surface area contributed by atoms with Gasteiger partial charge in [-0.3, -0.25) is 0 Å². The Morgan fingerprint density at radius 1 is 1.00 bits per heavy atom. The molecule has 1 aliphatic rings. The molecule has 0 amide bonds. The van der Waals surface area contributed by atoms with Gasteiger partial charge in [-0.1, -0.05) is 30.3 Å². The Morgan fingerprint density at radius 2 is 1.88 bits per heavy atom. The Kier molecular flexibility index (Phi) is 2.18.